The van der Waals surface area contributed by atoms with Crippen LogP contribution < -0.4 is 5.32 Å². The van der Waals surface area contributed by atoms with Gasteiger partial charge in [-0.25, -0.2) is 0 Å². The lowest BCUT2D eigenvalue weighted by Gasteiger charge is -2.11. The topological polar surface area (TPSA) is 57.8 Å². The van der Waals surface area contributed by atoms with Gasteiger partial charge in [0.2, 0.25) is 5.91 Å². The standard InChI is InChI=1S/C10H11N3O/c11-6-9-2-1-5-13(9)7-8-3-4-10(14)12-8/h1-2,5,8H,3-4,7H2,(H,12,14). The number of rotatable bonds is 2. The van der Waals surface area contributed by atoms with E-state index < -0.39 is 0 Å². The molecule has 1 amide bonds. The Labute approximate surface area is 82.1 Å². The minimum absolute atomic E-state index is 0.112. The predicted octanol–water partition coefficient (Wildman–Crippen LogP) is 0.638. The summed E-state index contributed by atoms with van der Waals surface area (Å²) in [7, 11) is 0. The molecule has 1 aromatic heterocycles. The molecule has 0 saturated carbocycles. The second kappa shape index (κ2) is 3.54. The summed E-state index contributed by atoms with van der Waals surface area (Å²) in [5.41, 5.74) is 0.645. The molecule has 0 aromatic carbocycles. The summed E-state index contributed by atoms with van der Waals surface area (Å²) in [5.74, 6) is 0.112. The quantitative estimate of drug-likeness (QED) is 0.742. The third-order valence-electron chi connectivity index (χ3n) is 2.45. The summed E-state index contributed by atoms with van der Waals surface area (Å²) >= 11 is 0. The van der Waals surface area contributed by atoms with Gasteiger partial charge in [0, 0.05) is 25.2 Å². The van der Waals surface area contributed by atoms with E-state index in [9.17, 15) is 4.79 Å². The zero-order valence-electron chi connectivity index (χ0n) is 7.73. The van der Waals surface area contributed by atoms with E-state index in [4.69, 9.17) is 5.26 Å². The van der Waals surface area contributed by atoms with Crippen molar-refractivity contribution in [1.82, 2.24) is 9.88 Å². The van der Waals surface area contributed by atoms with Crippen LogP contribution in [0.4, 0.5) is 0 Å². The fourth-order valence-corrected chi connectivity index (χ4v) is 1.73. The number of nitriles is 1. The summed E-state index contributed by atoms with van der Waals surface area (Å²) in [5, 5.41) is 11.6. The Balaban J connectivity index is 2.05. The van der Waals surface area contributed by atoms with Gasteiger partial charge in [-0.3, -0.25) is 4.79 Å². The van der Waals surface area contributed by atoms with E-state index in [-0.39, 0.29) is 11.9 Å². The fraction of sp³-hybridized carbons (Fsp3) is 0.400. The number of nitrogens with zero attached hydrogens (tertiary/aromatic N) is 2. The maximum absolute atomic E-state index is 11.0. The Morgan fingerprint density at radius 2 is 2.57 bits per heavy atom. The van der Waals surface area contributed by atoms with Gasteiger partial charge in [0.15, 0.2) is 0 Å². The van der Waals surface area contributed by atoms with Crippen LogP contribution in [0, 0.1) is 11.3 Å². The van der Waals surface area contributed by atoms with Crippen molar-refractivity contribution < 1.29 is 4.79 Å². The average Bonchev–Trinajstić information content (AvgIpc) is 2.76. The highest BCUT2D eigenvalue weighted by atomic mass is 16.1. The first-order chi connectivity index (χ1) is 6.79. The molecule has 1 N–H and O–H groups in total. The molecule has 14 heavy (non-hydrogen) atoms. The second-order valence-electron chi connectivity index (χ2n) is 3.46. The molecular weight excluding hydrogens is 178 g/mol. The Morgan fingerprint density at radius 3 is 3.21 bits per heavy atom. The van der Waals surface area contributed by atoms with Gasteiger partial charge in [-0.2, -0.15) is 5.26 Å². The Hall–Kier alpha value is -1.76. The van der Waals surface area contributed by atoms with Crippen molar-refractivity contribution in [1.29, 1.82) is 5.26 Å². The first-order valence-corrected chi connectivity index (χ1v) is 4.64. The third-order valence-corrected chi connectivity index (χ3v) is 2.45. The monoisotopic (exact) mass is 189 g/mol. The van der Waals surface area contributed by atoms with Crippen molar-refractivity contribution in [2.75, 3.05) is 0 Å². The van der Waals surface area contributed by atoms with Crippen molar-refractivity contribution in [3.63, 3.8) is 0 Å². The number of aromatic nitrogens is 1. The minimum Gasteiger partial charge on any atom is -0.352 e. The van der Waals surface area contributed by atoms with Crippen molar-refractivity contribution >= 4 is 5.91 Å². The van der Waals surface area contributed by atoms with Crippen LogP contribution in [0.3, 0.4) is 0 Å². The molecule has 0 aliphatic carbocycles. The van der Waals surface area contributed by atoms with E-state index in [1.165, 1.54) is 0 Å². The van der Waals surface area contributed by atoms with Crippen LogP contribution in [0.15, 0.2) is 18.3 Å². The molecule has 0 spiro atoms. The van der Waals surface area contributed by atoms with E-state index in [0.717, 1.165) is 6.42 Å². The predicted molar refractivity (Wildman–Crippen MR) is 50.3 cm³/mol. The first-order valence-electron chi connectivity index (χ1n) is 4.64. The molecule has 72 valence electrons. The summed E-state index contributed by atoms with van der Waals surface area (Å²) in [6, 6.07) is 5.91. The number of carbonyl (C=O) groups is 1. The number of nitrogens with one attached hydrogen (secondary N) is 1. The average molecular weight is 189 g/mol. The maximum Gasteiger partial charge on any atom is 0.220 e. The summed E-state index contributed by atoms with van der Waals surface area (Å²) in [6.45, 7) is 0.696. The smallest absolute Gasteiger partial charge is 0.220 e. The molecule has 2 heterocycles. The molecule has 4 heteroatoms. The maximum atomic E-state index is 11.0. The van der Waals surface area contributed by atoms with Gasteiger partial charge in [-0.15, -0.1) is 0 Å². The molecule has 0 radical (unpaired) electrons. The van der Waals surface area contributed by atoms with Crippen LogP contribution in [0.1, 0.15) is 18.5 Å². The molecule has 1 aliphatic rings. The SMILES string of the molecule is N#Cc1cccn1CC1CCC(=O)N1. The lowest BCUT2D eigenvalue weighted by molar-refractivity contribution is -0.119. The summed E-state index contributed by atoms with van der Waals surface area (Å²) in [6.07, 6.45) is 3.33. The molecular formula is C10H11N3O. The molecule has 1 saturated heterocycles. The minimum atomic E-state index is 0.112. The molecule has 1 unspecified atom stereocenters. The van der Waals surface area contributed by atoms with E-state index in [2.05, 4.69) is 11.4 Å². The van der Waals surface area contributed by atoms with E-state index in [0.29, 0.717) is 18.7 Å². The first kappa shape index (κ1) is 8.82. The Kier molecular flexibility index (Phi) is 2.23. The lowest BCUT2D eigenvalue weighted by atomic mass is 10.2. The van der Waals surface area contributed by atoms with Crippen LogP contribution in [0.5, 0.6) is 0 Å². The molecule has 2 rings (SSSR count). The van der Waals surface area contributed by atoms with Gasteiger partial charge in [0.1, 0.15) is 11.8 Å². The zero-order valence-corrected chi connectivity index (χ0v) is 7.73. The van der Waals surface area contributed by atoms with Gasteiger partial charge >= 0.3 is 0 Å². The van der Waals surface area contributed by atoms with E-state index in [1.54, 1.807) is 6.07 Å². The summed E-state index contributed by atoms with van der Waals surface area (Å²) in [4.78, 5) is 11.0. The van der Waals surface area contributed by atoms with Crippen molar-refractivity contribution in [2.45, 2.75) is 25.4 Å². The van der Waals surface area contributed by atoms with E-state index >= 15 is 0 Å². The molecule has 0 bridgehead atoms. The molecule has 4 nitrogen and oxygen atoms in total. The van der Waals surface area contributed by atoms with Crippen molar-refractivity contribution in [3.8, 4) is 6.07 Å². The molecule has 1 fully saturated rings. The Morgan fingerprint density at radius 1 is 1.71 bits per heavy atom. The highest BCUT2D eigenvalue weighted by Gasteiger charge is 2.21. The van der Waals surface area contributed by atoms with Crippen molar-refractivity contribution in [3.05, 3.63) is 24.0 Å². The largest absolute Gasteiger partial charge is 0.352 e. The van der Waals surface area contributed by atoms with Crippen LogP contribution in [0.25, 0.3) is 0 Å². The van der Waals surface area contributed by atoms with Crippen LogP contribution in [0.2, 0.25) is 0 Å². The van der Waals surface area contributed by atoms with Crippen LogP contribution in [-0.4, -0.2) is 16.5 Å². The highest BCUT2D eigenvalue weighted by molar-refractivity contribution is 5.78. The molecule has 1 atom stereocenters. The number of amides is 1. The van der Waals surface area contributed by atoms with Crippen LogP contribution in [-0.2, 0) is 11.3 Å². The lowest BCUT2D eigenvalue weighted by Crippen LogP contribution is -2.29. The Bertz CT molecular complexity index is 388. The number of hydrogen-bond donors (Lipinski definition) is 1. The van der Waals surface area contributed by atoms with Gasteiger partial charge in [-0.05, 0) is 18.6 Å². The third kappa shape index (κ3) is 1.62. The van der Waals surface area contributed by atoms with Gasteiger partial charge in [0.25, 0.3) is 0 Å². The normalized spacial score (nSPS) is 20.5. The zero-order chi connectivity index (χ0) is 9.97. The summed E-state index contributed by atoms with van der Waals surface area (Å²) < 4.78 is 1.87. The van der Waals surface area contributed by atoms with Crippen LogP contribution >= 0.6 is 0 Å². The van der Waals surface area contributed by atoms with Gasteiger partial charge < -0.3 is 9.88 Å². The van der Waals surface area contributed by atoms with Gasteiger partial charge in [-0.1, -0.05) is 0 Å². The van der Waals surface area contributed by atoms with Gasteiger partial charge in [0.05, 0.1) is 0 Å². The second-order valence-corrected chi connectivity index (χ2v) is 3.46. The number of carbonyl (C=O) groups excluding carboxylic acids is 1. The fourth-order valence-electron chi connectivity index (χ4n) is 1.73. The molecule has 1 aromatic rings. The molecule has 1 aliphatic heterocycles. The van der Waals surface area contributed by atoms with E-state index in [1.807, 2.05) is 16.8 Å². The number of hydrogen-bond acceptors (Lipinski definition) is 2. The van der Waals surface area contributed by atoms with Crippen molar-refractivity contribution in [2.24, 2.45) is 0 Å². The highest BCUT2D eigenvalue weighted by Crippen LogP contribution is 2.10.